The lowest BCUT2D eigenvalue weighted by Crippen LogP contribution is -2.31. The van der Waals surface area contributed by atoms with Crippen molar-refractivity contribution in [1.29, 1.82) is 0 Å². The van der Waals surface area contributed by atoms with Crippen molar-refractivity contribution in [2.75, 3.05) is 12.4 Å². The lowest BCUT2D eigenvalue weighted by Gasteiger charge is -2.28. The summed E-state index contributed by atoms with van der Waals surface area (Å²) in [6.07, 6.45) is 5.67. The number of hydrogen-bond acceptors (Lipinski definition) is 3. The molecule has 106 valence electrons. The maximum absolute atomic E-state index is 5.29. The zero-order valence-electron chi connectivity index (χ0n) is 12.4. The summed E-state index contributed by atoms with van der Waals surface area (Å²) in [7, 11) is 1.70. The first kappa shape index (κ1) is 13.2. The molecule has 1 unspecified atom stereocenters. The van der Waals surface area contributed by atoms with Crippen LogP contribution in [0.4, 0.5) is 5.82 Å². The minimum Gasteiger partial charge on any atom is -0.497 e. The van der Waals surface area contributed by atoms with E-state index in [1.54, 1.807) is 7.11 Å². The highest BCUT2D eigenvalue weighted by Gasteiger charge is 2.34. The molecule has 20 heavy (non-hydrogen) atoms. The number of hydrogen-bond donors (Lipinski definition) is 1. The predicted octanol–water partition coefficient (Wildman–Crippen LogP) is 4.23. The molecule has 0 radical (unpaired) electrons. The molecule has 1 fully saturated rings. The Balaban J connectivity index is 1.95. The SMILES string of the molecule is COc1ccc2c(NC3CCCC3(C)C)nccc2c1. The molecule has 0 amide bonds. The molecule has 2 aromatic rings. The fourth-order valence-electron chi connectivity index (χ4n) is 3.16. The van der Waals surface area contributed by atoms with Crippen molar-refractivity contribution in [3.63, 3.8) is 0 Å². The summed E-state index contributed by atoms with van der Waals surface area (Å²) in [5, 5.41) is 5.99. The van der Waals surface area contributed by atoms with E-state index in [-0.39, 0.29) is 0 Å². The first-order valence-electron chi connectivity index (χ1n) is 7.29. The van der Waals surface area contributed by atoms with Gasteiger partial charge in [0.2, 0.25) is 0 Å². The van der Waals surface area contributed by atoms with Crippen molar-refractivity contribution < 1.29 is 4.74 Å². The summed E-state index contributed by atoms with van der Waals surface area (Å²) in [6.45, 7) is 4.68. The second-order valence-electron chi connectivity index (χ2n) is 6.32. The van der Waals surface area contributed by atoms with E-state index in [0.717, 1.165) is 22.3 Å². The molecule has 1 atom stereocenters. The average molecular weight is 270 g/mol. The fourth-order valence-corrected chi connectivity index (χ4v) is 3.16. The van der Waals surface area contributed by atoms with Gasteiger partial charge < -0.3 is 10.1 Å². The van der Waals surface area contributed by atoms with Crippen LogP contribution in [0.15, 0.2) is 30.5 Å². The topological polar surface area (TPSA) is 34.1 Å². The summed E-state index contributed by atoms with van der Waals surface area (Å²) in [6, 6.07) is 8.67. The molecule has 1 heterocycles. The van der Waals surface area contributed by atoms with Gasteiger partial charge in [-0.05, 0) is 47.9 Å². The zero-order chi connectivity index (χ0) is 14.2. The maximum atomic E-state index is 5.29. The molecule has 1 N–H and O–H groups in total. The lowest BCUT2D eigenvalue weighted by atomic mass is 9.87. The Morgan fingerprint density at radius 1 is 1.30 bits per heavy atom. The lowest BCUT2D eigenvalue weighted by molar-refractivity contribution is 0.349. The quantitative estimate of drug-likeness (QED) is 0.906. The smallest absolute Gasteiger partial charge is 0.134 e. The van der Waals surface area contributed by atoms with Crippen molar-refractivity contribution in [1.82, 2.24) is 4.98 Å². The van der Waals surface area contributed by atoms with E-state index >= 15 is 0 Å². The number of methoxy groups -OCH3 is 1. The van der Waals surface area contributed by atoms with Crippen molar-refractivity contribution in [2.45, 2.75) is 39.2 Å². The Bertz CT molecular complexity index is 621. The monoisotopic (exact) mass is 270 g/mol. The van der Waals surface area contributed by atoms with Gasteiger partial charge in [-0.3, -0.25) is 0 Å². The van der Waals surface area contributed by atoms with Gasteiger partial charge in [-0.15, -0.1) is 0 Å². The molecule has 0 aliphatic heterocycles. The van der Waals surface area contributed by atoms with Gasteiger partial charge >= 0.3 is 0 Å². The number of rotatable bonds is 3. The third-order valence-corrected chi connectivity index (χ3v) is 4.54. The van der Waals surface area contributed by atoms with E-state index in [4.69, 9.17) is 4.74 Å². The molecule has 1 aromatic carbocycles. The number of aromatic nitrogens is 1. The van der Waals surface area contributed by atoms with Crippen molar-refractivity contribution in [2.24, 2.45) is 5.41 Å². The molecule has 1 saturated carbocycles. The second-order valence-corrected chi connectivity index (χ2v) is 6.32. The highest BCUT2D eigenvalue weighted by atomic mass is 16.5. The second kappa shape index (κ2) is 4.97. The zero-order valence-corrected chi connectivity index (χ0v) is 12.4. The standard InChI is InChI=1S/C17H22N2O/c1-17(2)9-4-5-15(17)19-16-14-7-6-13(20-3)11-12(14)8-10-18-16/h6-8,10-11,15H,4-5,9H2,1-3H3,(H,18,19). The fraction of sp³-hybridized carbons (Fsp3) is 0.471. The minimum atomic E-state index is 0.344. The molecule has 3 rings (SSSR count). The van der Waals surface area contributed by atoms with Crippen LogP contribution < -0.4 is 10.1 Å². The maximum Gasteiger partial charge on any atom is 0.134 e. The Hall–Kier alpha value is -1.77. The largest absolute Gasteiger partial charge is 0.497 e. The van der Waals surface area contributed by atoms with Crippen LogP contribution in [0.25, 0.3) is 10.8 Å². The predicted molar refractivity (Wildman–Crippen MR) is 83.3 cm³/mol. The van der Waals surface area contributed by atoms with Crippen molar-refractivity contribution >= 4 is 16.6 Å². The van der Waals surface area contributed by atoms with Crippen LogP contribution in [0.2, 0.25) is 0 Å². The molecular weight excluding hydrogens is 248 g/mol. The Labute approximate surface area is 120 Å². The van der Waals surface area contributed by atoms with Crippen LogP contribution in [0, 0.1) is 5.41 Å². The van der Waals surface area contributed by atoms with E-state index in [9.17, 15) is 0 Å². The molecule has 3 nitrogen and oxygen atoms in total. The Kier molecular flexibility index (Phi) is 3.28. The van der Waals surface area contributed by atoms with Gasteiger partial charge in [-0.25, -0.2) is 4.98 Å². The molecule has 0 spiro atoms. The van der Waals surface area contributed by atoms with E-state index < -0.39 is 0 Å². The Morgan fingerprint density at radius 3 is 2.85 bits per heavy atom. The third-order valence-electron chi connectivity index (χ3n) is 4.54. The molecule has 3 heteroatoms. The third kappa shape index (κ3) is 2.33. The highest BCUT2D eigenvalue weighted by molar-refractivity contribution is 5.92. The molecule has 1 aliphatic rings. The number of nitrogens with one attached hydrogen (secondary N) is 1. The first-order chi connectivity index (χ1) is 9.60. The number of ether oxygens (including phenoxy) is 1. The Morgan fingerprint density at radius 2 is 2.15 bits per heavy atom. The van der Waals surface area contributed by atoms with Gasteiger partial charge in [0.1, 0.15) is 11.6 Å². The summed E-state index contributed by atoms with van der Waals surface area (Å²) in [5.74, 6) is 1.88. The molecule has 1 aliphatic carbocycles. The summed E-state index contributed by atoms with van der Waals surface area (Å²) < 4.78 is 5.29. The summed E-state index contributed by atoms with van der Waals surface area (Å²) in [4.78, 5) is 4.54. The van der Waals surface area contributed by atoms with E-state index in [0.29, 0.717) is 11.5 Å². The van der Waals surface area contributed by atoms with Crippen molar-refractivity contribution in [3.05, 3.63) is 30.5 Å². The van der Waals surface area contributed by atoms with E-state index in [1.807, 2.05) is 18.3 Å². The molecule has 0 saturated heterocycles. The van der Waals surface area contributed by atoms with Crippen LogP contribution in [-0.2, 0) is 0 Å². The number of pyridine rings is 1. The normalized spacial score (nSPS) is 21.1. The average Bonchev–Trinajstić information content (AvgIpc) is 2.77. The van der Waals surface area contributed by atoms with Crippen LogP contribution in [-0.4, -0.2) is 18.1 Å². The number of nitrogens with zero attached hydrogens (tertiary/aromatic N) is 1. The number of anilines is 1. The van der Waals surface area contributed by atoms with Crippen LogP contribution in [0.5, 0.6) is 5.75 Å². The minimum absolute atomic E-state index is 0.344. The molecular formula is C17H22N2O. The first-order valence-corrected chi connectivity index (χ1v) is 7.29. The summed E-state index contributed by atoms with van der Waals surface area (Å²) in [5.41, 5.74) is 0.344. The highest BCUT2D eigenvalue weighted by Crippen LogP contribution is 2.39. The van der Waals surface area contributed by atoms with Gasteiger partial charge in [-0.2, -0.15) is 0 Å². The molecule has 1 aromatic heterocycles. The van der Waals surface area contributed by atoms with Gasteiger partial charge in [0.25, 0.3) is 0 Å². The van der Waals surface area contributed by atoms with E-state index in [1.165, 1.54) is 19.3 Å². The summed E-state index contributed by atoms with van der Waals surface area (Å²) >= 11 is 0. The van der Waals surface area contributed by atoms with Crippen LogP contribution >= 0.6 is 0 Å². The van der Waals surface area contributed by atoms with E-state index in [2.05, 4.69) is 36.3 Å². The van der Waals surface area contributed by atoms with Gasteiger partial charge in [-0.1, -0.05) is 20.3 Å². The van der Waals surface area contributed by atoms with Gasteiger partial charge in [0, 0.05) is 17.6 Å². The van der Waals surface area contributed by atoms with Gasteiger partial charge in [0.15, 0.2) is 0 Å². The van der Waals surface area contributed by atoms with Crippen LogP contribution in [0.3, 0.4) is 0 Å². The van der Waals surface area contributed by atoms with Crippen molar-refractivity contribution in [3.8, 4) is 5.75 Å². The number of benzene rings is 1. The number of fused-ring (bicyclic) bond motifs is 1. The molecule has 0 bridgehead atoms. The van der Waals surface area contributed by atoms with Crippen LogP contribution in [0.1, 0.15) is 33.1 Å². The van der Waals surface area contributed by atoms with Gasteiger partial charge in [0.05, 0.1) is 7.11 Å².